The van der Waals surface area contributed by atoms with Gasteiger partial charge in [0.05, 0.1) is 10.0 Å². The number of hydrogen-bond acceptors (Lipinski definition) is 2. The van der Waals surface area contributed by atoms with Crippen molar-refractivity contribution in [2.75, 3.05) is 0 Å². The van der Waals surface area contributed by atoms with Crippen molar-refractivity contribution in [3.05, 3.63) is 69.2 Å². The summed E-state index contributed by atoms with van der Waals surface area (Å²) in [5, 5.41) is 10.9. The van der Waals surface area contributed by atoms with Gasteiger partial charge in [-0.3, -0.25) is 4.79 Å². The molecule has 0 aliphatic heterocycles. The molecule has 0 amide bonds. The summed E-state index contributed by atoms with van der Waals surface area (Å²) in [5.74, 6) is -0.259. The van der Waals surface area contributed by atoms with Crippen LogP contribution in [0.2, 0.25) is 10.0 Å². The number of Topliss-reactive ketones (excluding diaryl/α,β-unsaturated/α-hetero) is 1. The Morgan fingerprint density at radius 1 is 1.05 bits per heavy atom. The lowest BCUT2D eigenvalue weighted by Gasteiger charge is -2.28. The average molecular weight is 307 g/mol. The van der Waals surface area contributed by atoms with E-state index in [-0.39, 0.29) is 11.7 Å². The zero-order chi connectivity index (χ0) is 14.3. The molecule has 1 aliphatic carbocycles. The fraction of sp³-hybridized carbons (Fsp3) is 0.188. The van der Waals surface area contributed by atoms with Gasteiger partial charge in [-0.2, -0.15) is 0 Å². The fourth-order valence-electron chi connectivity index (χ4n) is 2.71. The largest absolute Gasteiger partial charge is 0.385 e. The number of aliphatic hydroxyl groups excluding tert-OH is 1. The van der Waals surface area contributed by atoms with Crippen LogP contribution in [0.25, 0.3) is 0 Å². The molecule has 0 heterocycles. The molecule has 20 heavy (non-hydrogen) atoms. The predicted molar refractivity (Wildman–Crippen MR) is 79.7 cm³/mol. The van der Waals surface area contributed by atoms with Gasteiger partial charge < -0.3 is 5.11 Å². The van der Waals surface area contributed by atoms with E-state index >= 15 is 0 Å². The first-order chi connectivity index (χ1) is 9.58. The number of halogens is 2. The van der Waals surface area contributed by atoms with Crippen molar-refractivity contribution in [3.8, 4) is 0 Å². The van der Waals surface area contributed by atoms with E-state index in [1.54, 1.807) is 24.3 Å². The Kier molecular flexibility index (Phi) is 3.55. The van der Waals surface area contributed by atoms with Gasteiger partial charge in [0, 0.05) is 11.5 Å². The maximum atomic E-state index is 12.0. The molecule has 4 heteroatoms. The first-order valence-electron chi connectivity index (χ1n) is 6.34. The van der Waals surface area contributed by atoms with Crippen molar-refractivity contribution < 1.29 is 9.90 Å². The zero-order valence-corrected chi connectivity index (χ0v) is 12.0. The summed E-state index contributed by atoms with van der Waals surface area (Å²) >= 11 is 12.0. The van der Waals surface area contributed by atoms with Crippen LogP contribution < -0.4 is 0 Å². The summed E-state index contributed by atoms with van der Waals surface area (Å²) in [6, 6.07) is 12.8. The second-order valence-electron chi connectivity index (χ2n) is 4.93. The van der Waals surface area contributed by atoms with Gasteiger partial charge >= 0.3 is 0 Å². The van der Waals surface area contributed by atoms with Crippen LogP contribution in [-0.4, -0.2) is 17.0 Å². The van der Waals surface area contributed by atoms with Crippen LogP contribution in [-0.2, 0) is 0 Å². The molecule has 2 aromatic carbocycles. The molecule has 0 spiro atoms. The minimum absolute atomic E-state index is 0.0475. The van der Waals surface area contributed by atoms with Crippen LogP contribution in [0, 0.1) is 0 Å². The number of ketones is 1. The Morgan fingerprint density at radius 3 is 2.55 bits per heavy atom. The van der Waals surface area contributed by atoms with Crippen LogP contribution in [0.5, 0.6) is 0 Å². The highest BCUT2D eigenvalue weighted by Gasteiger charge is 2.32. The summed E-state index contributed by atoms with van der Waals surface area (Å²) in [6.07, 6.45) is -0.599. The smallest absolute Gasteiger partial charge is 0.191 e. The monoisotopic (exact) mass is 306 g/mol. The summed E-state index contributed by atoms with van der Waals surface area (Å²) < 4.78 is 0. The van der Waals surface area contributed by atoms with Gasteiger partial charge in [-0.15, -0.1) is 0 Å². The van der Waals surface area contributed by atoms with Crippen molar-refractivity contribution in [1.82, 2.24) is 0 Å². The molecule has 2 nitrogen and oxygen atoms in total. The van der Waals surface area contributed by atoms with Crippen molar-refractivity contribution >= 4 is 29.0 Å². The number of carbonyl (C=O) groups is 1. The van der Waals surface area contributed by atoms with E-state index in [9.17, 15) is 9.90 Å². The molecular weight excluding hydrogens is 295 g/mol. The highest BCUT2D eigenvalue weighted by molar-refractivity contribution is 6.42. The molecule has 1 unspecified atom stereocenters. The Labute approximate surface area is 127 Å². The fourth-order valence-corrected chi connectivity index (χ4v) is 3.01. The van der Waals surface area contributed by atoms with E-state index in [1.165, 1.54) is 0 Å². The Bertz CT molecular complexity index is 682. The molecule has 0 bridgehead atoms. The number of fused-ring (bicyclic) bond motifs is 1. The van der Waals surface area contributed by atoms with Gasteiger partial charge in [0.2, 0.25) is 0 Å². The molecule has 1 aliphatic rings. The molecule has 102 valence electrons. The maximum Gasteiger partial charge on any atom is 0.191 e. The number of aliphatic hydroxyl groups is 1. The van der Waals surface area contributed by atoms with Crippen molar-refractivity contribution in [1.29, 1.82) is 0 Å². The van der Waals surface area contributed by atoms with Gasteiger partial charge in [0.15, 0.2) is 5.78 Å². The summed E-state index contributed by atoms with van der Waals surface area (Å²) in [5.41, 5.74) is 2.47. The Hall–Kier alpha value is -1.35. The minimum atomic E-state index is -0.968. The molecule has 2 atom stereocenters. The molecule has 0 saturated heterocycles. The van der Waals surface area contributed by atoms with Crippen molar-refractivity contribution in [2.24, 2.45) is 0 Å². The van der Waals surface area contributed by atoms with E-state index in [4.69, 9.17) is 23.2 Å². The van der Waals surface area contributed by atoms with Crippen LogP contribution in [0.15, 0.2) is 42.5 Å². The second kappa shape index (κ2) is 5.21. The predicted octanol–water partition coefficient (Wildman–Crippen LogP) is 4.07. The topological polar surface area (TPSA) is 37.3 Å². The van der Waals surface area contributed by atoms with E-state index in [2.05, 4.69) is 0 Å². The van der Waals surface area contributed by atoms with E-state index in [0.717, 1.165) is 11.1 Å². The molecular formula is C16H12Cl2O2. The standard InChI is InChI=1S/C16H12Cl2O2/c17-13-6-5-9(7-14(13)18)12-8-15(19)16(20)11-4-2-1-3-10(11)12/h1-7,12,15,19H,8H2/t12?,15-/m1/s1. The lowest BCUT2D eigenvalue weighted by Crippen LogP contribution is -2.30. The van der Waals surface area contributed by atoms with Gasteiger partial charge in [-0.05, 0) is 29.7 Å². The first-order valence-corrected chi connectivity index (χ1v) is 7.09. The average Bonchev–Trinajstić information content (AvgIpc) is 2.46. The maximum absolute atomic E-state index is 12.0. The molecule has 0 saturated carbocycles. The lowest BCUT2D eigenvalue weighted by atomic mass is 9.77. The highest BCUT2D eigenvalue weighted by Crippen LogP contribution is 2.38. The van der Waals surface area contributed by atoms with Gasteiger partial charge in [0.1, 0.15) is 6.10 Å². The minimum Gasteiger partial charge on any atom is -0.385 e. The molecule has 1 N–H and O–H groups in total. The van der Waals surface area contributed by atoms with Crippen molar-refractivity contribution in [2.45, 2.75) is 18.4 Å². The van der Waals surface area contributed by atoms with Gasteiger partial charge in [-0.1, -0.05) is 53.5 Å². The summed E-state index contributed by atoms with van der Waals surface area (Å²) in [7, 11) is 0. The third-order valence-corrected chi connectivity index (χ3v) is 4.45. The SMILES string of the molecule is O=C1c2ccccc2C(c2ccc(Cl)c(Cl)c2)C[C@H]1O. The van der Waals surface area contributed by atoms with E-state index in [0.29, 0.717) is 22.0 Å². The summed E-state index contributed by atoms with van der Waals surface area (Å²) in [4.78, 5) is 12.0. The van der Waals surface area contributed by atoms with Gasteiger partial charge in [-0.25, -0.2) is 0 Å². The molecule has 0 fully saturated rings. The highest BCUT2D eigenvalue weighted by atomic mass is 35.5. The van der Waals surface area contributed by atoms with E-state index in [1.807, 2.05) is 18.2 Å². The summed E-state index contributed by atoms with van der Waals surface area (Å²) in [6.45, 7) is 0. The number of rotatable bonds is 1. The second-order valence-corrected chi connectivity index (χ2v) is 5.74. The van der Waals surface area contributed by atoms with Crippen LogP contribution in [0.1, 0.15) is 33.8 Å². The third-order valence-electron chi connectivity index (χ3n) is 3.71. The molecule has 0 radical (unpaired) electrons. The van der Waals surface area contributed by atoms with Crippen LogP contribution >= 0.6 is 23.2 Å². The Morgan fingerprint density at radius 2 is 1.80 bits per heavy atom. The van der Waals surface area contributed by atoms with Crippen LogP contribution in [0.3, 0.4) is 0 Å². The zero-order valence-electron chi connectivity index (χ0n) is 10.5. The van der Waals surface area contributed by atoms with E-state index < -0.39 is 6.10 Å². The van der Waals surface area contributed by atoms with Gasteiger partial charge in [0.25, 0.3) is 0 Å². The number of hydrogen-bond donors (Lipinski definition) is 1. The normalized spacial score (nSPS) is 21.6. The molecule has 0 aromatic heterocycles. The first kappa shape index (κ1) is 13.6. The number of benzene rings is 2. The van der Waals surface area contributed by atoms with Crippen molar-refractivity contribution in [3.63, 3.8) is 0 Å². The molecule has 2 aromatic rings. The van der Waals surface area contributed by atoms with Crippen LogP contribution in [0.4, 0.5) is 0 Å². The quantitative estimate of drug-likeness (QED) is 0.862. The number of carbonyl (C=O) groups excluding carboxylic acids is 1. The lowest BCUT2D eigenvalue weighted by molar-refractivity contribution is 0.0699. The Balaban J connectivity index is 2.12. The third kappa shape index (κ3) is 2.24. The molecule has 3 rings (SSSR count).